The van der Waals surface area contributed by atoms with Gasteiger partial charge in [-0.1, -0.05) is 30.9 Å². The monoisotopic (exact) mass is 465 g/mol. The summed E-state index contributed by atoms with van der Waals surface area (Å²) in [5, 5.41) is 0.710. The average Bonchev–Trinajstić information content (AvgIpc) is 3.41. The van der Waals surface area contributed by atoms with Gasteiger partial charge in [-0.25, -0.2) is 0 Å². The van der Waals surface area contributed by atoms with Crippen molar-refractivity contribution in [1.82, 2.24) is 4.57 Å². The first-order valence-corrected chi connectivity index (χ1v) is 11.9. The van der Waals surface area contributed by atoms with Gasteiger partial charge in [0.1, 0.15) is 5.75 Å². The van der Waals surface area contributed by atoms with Gasteiger partial charge in [0.15, 0.2) is 18.1 Å². The minimum Gasteiger partial charge on any atom is -0.485 e. The second-order valence-electron chi connectivity index (χ2n) is 8.89. The number of ketones is 1. The van der Waals surface area contributed by atoms with Crippen molar-refractivity contribution in [3.8, 4) is 22.9 Å². The Kier molecular flexibility index (Phi) is 6.07. The van der Waals surface area contributed by atoms with E-state index in [4.69, 9.17) is 25.8 Å². The molecular weight excluding hydrogens is 438 g/mol. The number of aryl methyl sites for hydroxylation is 1. The molecule has 2 aromatic carbocycles. The van der Waals surface area contributed by atoms with Crippen molar-refractivity contribution in [2.45, 2.75) is 51.9 Å². The van der Waals surface area contributed by atoms with Crippen LogP contribution < -0.4 is 14.2 Å². The van der Waals surface area contributed by atoms with Gasteiger partial charge in [-0.3, -0.25) is 4.79 Å². The number of hydrogen-bond acceptors (Lipinski definition) is 4. The second kappa shape index (κ2) is 9.14. The zero-order valence-electron chi connectivity index (χ0n) is 19.0. The van der Waals surface area contributed by atoms with Crippen LogP contribution >= 0.6 is 11.6 Å². The maximum absolute atomic E-state index is 13.2. The minimum atomic E-state index is -0.0420. The largest absolute Gasteiger partial charge is 0.485 e. The SMILES string of the molecule is Cc1cc(C(=O)COc2ccc(Cl)cc2C2CCCCC2)c(C)n1-c1ccc2c(c1)OCO2. The quantitative estimate of drug-likeness (QED) is 0.376. The van der Waals surface area contributed by atoms with E-state index in [0.717, 1.165) is 47.0 Å². The van der Waals surface area contributed by atoms with Crippen LogP contribution in [0.3, 0.4) is 0 Å². The van der Waals surface area contributed by atoms with Crippen LogP contribution in [0.4, 0.5) is 0 Å². The molecule has 0 spiro atoms. The number of carbonyl (C=O) groups excluding carboxylic acids is 1. The van der Waals surface area contributed by atoms with E-state index in [-0.39, 0.29) is 19.2 Å². The highest BCUT2D eigenvalue weighted by Crippen LogP contribution is 2.39. The lowest BCUT2D eigenvalue weighted by atomic mass is 9.84. The van der Waals surface area contributed by atoms with Crippen molar-refractivity contribution < 1.29 is 19.0 Å². The molecule has 0 amide bonds. The lowest BCUT2D eigenvalue weighted by Gasteiger charge is -2.24. The van der Waals surface area contributed by atoms with Crippen LogP contribution in [0.15, 0.2) is 42.5 Å². The molecule has 0 N–H and O–H groups in total. The van der Waals surface area contributed by atoms with E-state index >= 15 is 0 Å². The Labute approximate surface area is 199 Å². The summed E-state index contributed by atoms with van der Waals surface area (Å²) in [7, 11) is 0. The molecule has 1 fully saturated rings. The number of hydrogen-bond donors (Lipinski definition) is 0. The number of ether oxygens (including phenoxy) is 3. The van der Waals surface area contributed by atoms with Gasteiger partial charge in [-0.2, -0.15) is 0 Å². The maximum atomic E-state index is 13.2. The van der Waals surface area contributed by atoms with E-state index in [1.54, 1.807) is 0 Å². The predicted octanol–water partition coefficient (Wildman–Crippen LogP) is 6.79. The van der Waals surface area contributed by atoms with E-state index in [9.17, 15) is 4.79 Å². The molecular formula is C27H28ClNO4. The lowest BCUT2D eigenvalue weighted by Crippen LogP contribution is -2.14. The smallest absolute Gasteiger partial charge is 0.231 e. The normalized spacial score (nSPS) is 15.6. The summed E-state index contributed by atoms with van der Waals surface area (Å²) >= 11 is 6.29. The molecule has 2 aliphatic rings. The molecule has 0 unspecified atom stereocenters. The van der Waals surface area contributed by atoms with E-state index in [0.29, 0.717) is 22.3 Å². The van der Waals surface area contributed by atoms with Crippen molar-refractivity contribution in [2.24, 2.45) is 0 Å². The van der Waals surface area contributed by atoms with Crippen LogP contribution in [0.2, 0.25) is 5.02 Å². The molecule has 0 bridgehead atoms. The Morgan fingerprint density at radius 3 is 2.64 bits per heavy atom. The molecule has 5 rings (SSSR count). The zero-order valence-corrected chi connectivity index (χ0v) is 19.8. The van der Waals surface area contributed by atoms with Gasteiger partial charge in [-0.05, 0) is 74.6 Å². The number of rotatable bonds is 6. The number of carbonyl (C=O) groups is 1. The molecule has 5 nitrogen and oxygen atoms in total. The van der Waals surface area contributed by atoms with Crippen molar-refractivity contribution in [2.75, 3.05) is 13.4 Å². The Bertz CT molecular complexity index is 1190. The number of Topliss-reactive ketones (excluding diaryl/α,β-unsaturated/α-hetero) is 1. The van der Waals surface area contributed by atoms with Crippen LogP contribution in [0.1, 0.15) is 65.3 Å². The maximum Gasteiger partial charge on any atom is 0.231 e. The van der Waals surface area contributed by atoms with Crippen molar-refractivity contribution in [3.63, 3.8) is 0 Å². The van der Waals surface area contributed by atoms with Gasteiger partial charge in [0, 0.05) is 33.7 Å². The Morgan fingerprint density at radius 2 is 1.82 bits per heavy atom. The molecule has 3 aromatic rings. The topological polar surface area (TPSA) is 49.7 Å². The van der Waals surface area contributed by atoms with Crippen molar-refractivity contribution in [1.29, 1.82) is 0 Å². The fourth-order valence-corrected chi connectivity index (χ4v) is 5.25. The van der Waals surface area contributed by atoms with Gasteiger partial charge in [0.2, 0.25) is 12.6 Å². The molecule has 1 aliphatic carbocycles. The van der Waals surface area contributed by atoms with Crippen LogP contribution in [-0.4, -0.2) is 23.8 Å². The molecule has 33 heavy (non-hydrogen) atoms. The Balaban J connectivity index is 1.36. The first-order chi connectivity index (χ1) is 16.0. The molecule has 2 heterocycles. The van der Waals surface area contributed by atoms with Crippen LogP contribution in [-0.2, 0) is 0 Å². The summed E-state index contributed by atoms with van der Waals surface area (Å²) in [6, 6.07) is 13.5. The number of benzene rings is 2. The average molecular weight is 466 g/mol. The highest BCUT2D eigenvalue weighted by Gasteiger charge is 2.22. The molecule has 6 heteroatoms. The van der Waals surface area contributed by atoms with Gasteiger partial charge in [-0.15, -0.1) is 0 Å². The number of aromatic nitrogens is 1. The molecule has 0 saturated heterocycles. The molecule has 0 atom stereocenters. The fraction of sp³-hybridized carbons (Fsp3) is 0.370. The summed E-state index contributed by atoms with van der Waals surface area (Å²) in [5.41, 5.74) is 4.58. The third kappa shape index (κ3) is 4.34. The molecule has 1 saturated carbocycles. The van der Waals surface area contributed by atoms with Crippen molar-refractivity contribution in [3.05, 3.63) is 70.0 Å². The van der Waals surface area contributed by atoms with Gasteiger partial charge in [0.25, 0.3) is 0 Å². The first-order valence-electron chi connectivity index (χ1n) is 11.6. The minimum absolute atomic E-state index is 0.00716. The van der Waals surface area contributed by atoms with Crippen LogP contribution in [0.25, 0.3) is 5.69 Å². The predicted molar refractivity (Wildman–Crippen MR) is 128 cm³/mol. The summed E-state index contributed by atoms with van der Waals surface area (Å²) in [6.07, 6.45) is 6.01. The Hall–Kier alpha value is -2.92. The summed E-state index contributed by atoms with van der Waals surface area (Å²) in [6.45, 7) is 4.18. The summed E-state index contributed by atoms with van der Waals surface area (Å²) in [4.78, 5) is 13.2. The van der Waals surface area contributed by atoms with Gasteiger partial charge in [0.05, 0.1) is 0 Å². The third-order valence-corrected chi connectivity index (χ3v) is 6.96. The lowest BCUT2D eigenvalue weighted by molar-refractivity contribution is 0.0919. The van der Waals surface area contributed by atoms with E-state index < -0.39 is 0 Å². The molecule has 172 valence electrons. The summed E-state index contributed by atoms with van der Waals surface area (Å²) in [5.74, 6) is 2.62. The number of fused-ring (bicyclic) bond motifs is 1. The highest BCUT2D eigenvalue weighted by molar-refractivity contribution is 6.30. The zero-order chi connectivity index (χ0) is 22.9. The molecule has 0 radical (unpaired) electrons. The fourth-order valence-electron chi connectivity index (χ4n) is 5.07. The van der Waals surface area contributed by atoms with Crippen LogP contribution in [0.5, 0.6) is 17.2 Å². The van der Waals surface area contributed by atoms with E-state index in [1.807, 2.05) is 56.3 Å². The molecule has 1 aliphatic heterocycles. The van der Waals surface area contributed by atoms with Crippen LogP contribution in [0, 0.1) is 13.8 Å². The third-order valence-electron chi connectivity index (χ3n) is 6.72. The van der Waals surface area contributed by atoms with Gasteiger partial charge >= 0.3 is 0 Å². The number of nitrogens with zero attached hydrogens (tertiary/aromatic N) is 1. The van der Waals surface area contributed by atoms with Crippen molar-refractivity contribution >= 4 is 17.4 Å². The van der Waals surface area contributed by atoms with E-state index in [2.05, 4.69) is 4.57 Å². The Morgan fingerprint density at radius 1 is 1.03 bits per heavy atom. The highest BCUT2D eigenvalue weighted by atomic mass is 35.5. The molecule has 1 aromatic heterocycles. The van der Waals surface area contributed by atoms with Gasteiger partial charge < -0.3 is 18.8 Å². The van der Waals surface area contributed by atoms with E-state index in [1.165, 1.54) is 19.3 Å². The number of halogens is 1. The summed E-state index contributed by atoms with van der Waals surface area (Å²) < 4.78 is 19.1. The second-order valence-corrected chi connectivity index (χ2v) is 9.32. The first kappa shape index (κ1) is 21.9. The standard InChI is InChI=1S/C27H28ClNO4/c1-17-12-22(18(2)29(17)21-9-11-26-27(14-21)33-16-32-26)24(30)15-31-25-10-8-20(28)13-23(25)19-6-4-3-5-7-19/h8-14,19H,3-7,15-16H2,1-2H3.